The number of hydrogen-bond donors (Lipinski definition) is 0. The van der Waals surface area contributed by atoms with Gasteiger partial charge in [-0.1, -0.05) is 59.2 Å². The molecule has 1 aromatic heterocycles. The number of nitrogens with zero attached hydrogens (tertiary/aromatic N) is 3. The summed E-state index contributed by atoms with van der Waals surface area (Å²) in [6.07, 6.45) is 1.75. The van der Waals surface area contributed by atoms with Crippen LogP contribution in [-0.2, 0) is 18.9 Å². The Morgan fingerprint density at radius 3 is 2.74 bits per heavy atom. The van der Waals surface area contributed by atoms with Gasteiger partial charge in [-0.25, -0.2) is 4.39 Å². The molecule has 0 saturated carbocycles. The summed E-state index contributed by atoms with van der Waals surface area (Å²) in [6, 6.07) is 11.7. The van der Waals surface area contributed by atoms with Crippen molar-refractivity contribution in [1.82, 2.24) is 14.8 Å². The maximum absolute atomic E-state index is 13.8. The lowest BCUT2D eigenvalue weighted by Gasteiger charge is -2.10. The van der Waals surface area contributed by atoms with Crippen LogP contribution in [0.2, 0.25) is 10.0 Å². The fourth-order valence-corrected chi connectivity index (χ4v) is 3.75. The monoisotopic (exact) mass is 423 g/mol. The zero-order valence-corrected chi connectivity index (χ0v) is 16.6. The van der Waals surface area contributed by atoms with Crippen molar-refractivity contribution in [1.29, 1.82) is 0 Å². The molecule has 0 aliphatic rings. The molecule has 1 heterocycles. The summed E-state index contributed by atoms with van der Waals surface area (Å²) in [7, 11) is 0. The highest BCUT2D eigenvalue weighted by Crippen LogP contribution is 2.29. The normalized spacial score (nSPS) is 10.8. The quantitative estimate of drug-likeness (QED) is 0.340. The fourth-order valence-electron chi connectivity index (χ4n) is 2.34. The van der Waals surface area contributed by atoms with Crippen LogP contribution in [0.4, 0.5) is 4.39 Å². The van der Waals surface area contributed by atoms with Crippen molar-refractivity contribution in [2.45, 2.75) is 24.1 Å². The van der Waals surface area contributed by atoms with E-state index < -0.39 is 0 Å². The molecule has 2 aromatic carbocycles. The summed E-state index contributed by atoms with van der Waals surface area (Å²) in [4.78, 5) is 0. The lowest BCUT2D eigenvalue weighted by Crippen LogP contribution is -2.07. The number of thioether (sulfide) groups is 1. The molecule has 0 fully saturated rings. The Hall–Kier alpha value is -2.02. The van der Waals surface area contributed by atoms with E-state index in [1.807, 2.05) is 10.6 Å². The van der Waals surface area contributed by atoms with E-state index in [4.69, 9.17) is 27.9 Å². The van der Waals surface area contributed by atoms with Crippen LogP contribution in [0.3, 0.4) is 0 Å². The van der Waals surface area contributed by atoms with Crippen molar-refractivity contribution in [3.63, 3.8) is 0 Å². The molecule has 3 aromatic rings. The number of rotatable bonds is 8. The van der Waals surface area contributed by atoms with E-state index in [0.29, 0.717) is 44.6 Å². The van der Waals surface area contributed by atoms with Gasteiger partial charge in [-0.15, -0.1) is 16.8 Å². The first-order valence-corrected chi connectivity index (χ1v) is 9.79. The topological polar surface area (TPSA) is 39.9 Å². The molecule has 0 unspecified atom stereocenters. The third-order valence-corrected chi connectivity index (χ3v) is 5.22. The minimum Gasteiger partial charge on any atom is -0.484 e. The summed E-state index contributed by atoms with van der Waals surface area (Å²) >= 11 is 13.4. The third kappa shape index (κ3) is 5.03. The van der Waals surface area contributed by atoms with Crippen LogP contribution >= 0.6 is 35.0 Å². The van der Waals surface area contributed by atoms with Gasteiger partial charge in [-0.2, -0.15) is 0 Å². The summed E-state index contributed by atoms with van der Waals surface area (Å²) in [5.41, 5.74) is 0.612. The Bertz CT molecular complexity index is 948. The maximum Gasteiger partial charge on any atom is 0.191 e. The molecule has 140 valence electrons. The van der Waals surface area contributed by atoms with Gasteiger partial charge >= 0.3 is 0 Å². The van der Waals surface area contributed by atoms with Crippen molar-refractivity contribution in [2.24, 2.45) is 0 Å². The lowest BCUT2D eigenvalue weighted by molar-refractivity contribution is 0.289. The first-order chi connectivity index (χ1) is 13.1. The minimum absolute atomic E-state index is 0.183. The molecule has 0 amide bonds. The van der Waals surface area contributed by atoms with E-state index in [0.717, 1.165) is 0 Å². The third-order valence-electron chi connectivity index (χ3n) is 3.67. The number of hydrogen-bond acceptors (Lipinski definition) is 4. The van der Waals surface area contributed by atoms with Gasteiger partial charge < -0.3 is 4.74 Å². The maximum atomic E-state index is 13.8. The predicted molar refractivity (Wildman–Crippen MR) is 107 cm³/mol. The van der Waals surface area contributed by atoms with Crippen LogP contribution in [0.15, 0.2) is 60.3 Å². The van der Waals surface area contributed by atoms with Crippen molar-refractivity contribution in [3.8, 4) is 5.75 Å². The van der Waals surface area contributed by atoms with Gasteiger partial charge in [0.25, 0.3) is 0 Å². The Balaban J connectivity index is 1.72. The van der Waals surface area contributed by atoms with Gasteiger partial charge in [0, 0.05) is 17.3 Å². The number of allylic oxidation sites excluding steroid dienone is 1. The lowest BCUT2D eigenvalue weighted by atomic mass is 10.2. The summed E-state index contributed by atoms with van der Waals surface area (Å²) in [6.45, 7) is 4.47. The van der Waals surface area contributed by atoms with Crippen molar-refractivity contribution in [3.05, 3.63) is 82.4 Å². The summed E-state index contributed by atoms with van der Waals surface area (Å²) in [5, 5.41) is 10.0. The highest BCUT2D eigenvalue weighted by Gasteiger charge is 2.14. The van der Waals surface area contributed by atoms with Crippen LogP contribution < -0.4 is 4.74 Å². The number of aromatic nitrogens is 3. The molecule has 0 N–H and O–H groups in total. The SMILES string of the molecule is C=CCn1c(COc2ccc(Cl)cc2Cl)nnc1SCc1ccccc1F. The largest absolute Gasteiger partial charge is 0.484 e. The van der Waals surface area contributed by atoms with Crippen molar-refractivity contribution < 1.29 is 9.13 Å². The van der Waals surface area contributed by atoms with Gasteiger partial charge in [-0.05, 0) is 29.8 Å². The van der Waals surface area contributed by atoms with Crippen LogP contribution in [0.5, 0.6) is 5.75 Å². The van der Waals surface area contributed by atoms with Gasteiger partial charge in [0.15, 0.2) is 11.0 Å². The van der Waals surface area contributed by atoms with Gasteiger partial charge in [0.2, 0.25) is 0 Å². The average Bonchev–Trinajstić information content (AvgIpc) is 3.02. The molecular formula is C19H16Cl2FN3OS. The fraction of sp³-hybridized carbons (Fsp3) is 0.158. The molecule has 27 heavy (non-hydrogen) atoms. The molecule has 3 rings (SSSR count). The highest BCUT2D eigenvalue weighted by atomic mass is 35.5. The summed E-state index contributed by atoms with van der Waals surface area (Å²) in [5.74, 6) is 1.35. The first-order valence-electron chi connectivity index (χ1n) is 8.05. The standard InChI is InChI=1S/C19H16Cl2FN3OS/c1-2-9-25-18(11-26-17-8-7-14(20)10-15(17)21)23-24-19(25)27-12-13-5-3-4-6-16(13)22/h2-8,10H,1,9,11-12H2. The van der Waals surface area contributed by atoms with E-state index in [1.54, 1.807) is 36.4 Å². The van der Waals surface area contributed by atoms with E-state index >= 15 is 0 Å². The van der Waals surface area contributed by atoms with Gasteiger partial charge in [-0.3, -0.25) is 4.57 Å². The number of halogens is 3. The van der Waals surface area contributed by atoms with Crippen LogP contribution in [-0.4, -0.2) is 14.8 Å². The molecule has 0 bridgehead atoms. The molecule has 0 atom stereocenters. The molecule has 0 spiro atoms. The van der Waals surface area contributed by atoms with Crippen molar-refractivity contribution in [2.75, 3.05) is 0 Å². The zero-order chi connectivity index (χ0) is 19.2. The highest BCUT2D eigenvalue weighted by molar-refractivity contribution is 7.98. The van der Waals surface area contributed by atoms with E-state index in [9.17, 15) is 4.39 Å². The molecule has 0 aliphatic carbocycles. The van der Waals surface area contributed by atoms with Crippen LogP contribution in [0.25, 0.3) is 0 Å². The molecule has 0 saturated heterocycles. The predicted octanol–water partition coefficient (Wildman–Crippen LogP) is 5.78. The Kier molecular flexibility index (Phi) is 6.77. The summed E-state index contributed by atoms with van der Waals surface area (Å²) < 4.78 is 21.4. The second-order valence-corrected chi connectivity index (χ2v) is 7.33. The molecular weight excluding hydrogens is 408 g/mol. The Labute approximate surface area is 171 Å². The molecule has 0 aliphatic heterocycles. The second-order valence-electron chi connectivity index (χ2n) is 5.54. The minimum atomic E-state index is -0.235. The zero-order valence-electron chi connectivity index (χ0n) is 14.2. The van der Waals surface area contributed by atoms with Gasteiger partial charge in [0.05, 0.1) is 5.02 Å². The molecule has 8 heteroatoms. The van der Waals surface area contributed by atoms with Crippen molar-refractivity contribution >= 4 is 35.0 Å². The van der Waals surface area contributed by atoms with E-state index in [1.165, 1.54) is 17.8 Å². The Morgan fingerprint density at radius 1 is 1.19 bits per heavy atom. The number of ether oxygens (including phenoxy) is 1. The first kappa shape index (κ1) is 19.7. The average molecular weight is 424 g/mol. The van der Waals surface area contributed by atoms with Gasteiger partial charge in [0.1, 0.15) is 18.2 Å². The molecule has 4 nitrogen and oxygen atoms in total. The smallest absolute Gasteiger partial charge is 0.191 e. The van der Waals surface area contributed by atoms with Crippen LogP contribution in [0, 0.1) is 5.82 Å². The second kappa shape index (κ2) is 9.26. The Morgan fingerprint density at radius 2 is 2.00 bits per heavy atom. The number of benzene rings is 2. The molecule has 0 radical (unpaired) electrons. The van der Waals surface area contributed by atoms with E-state index in [2.05, 4.69) is 16.8 Å². The van der Waals surface area contributed by atoms with Crippen LogP contribution in [0.1, 0.15) is 11.4 Å². The van der Waals surface area contributed by atoms with E-state index in [-0.39, 0.29) is 12.4 Å².